The first kappa shape index (κ1) is 22.5. The molecule has 10 heteroatoms. The molecule has 2 atom stereocenters. The van der Waals surface area contributed by atoms with Gasteiger partial charge in [0, 0.05) is 17.7 Å². The van der Waals surface area contributed by atoms with E-state index in [9.17, 15) is 20.1 Å². The lowest BCUT2D eigenvalue weighted by Gasteiger charge is -2.33. The predicted molar refractivity (Wildman–Crippen MR) is 124 cm³/mol. The Morgan fingerprint density at radius 1 is 0.943 bits per heavy atom. The normalized spacial score (nSPS) is 16.9. The summed E-state index contributed by atoms with van der Waals surface area (Å²) in [5.74, 6) is 0.598. The lowest BCUT2D eigenvalue weighted by atomic mass is 10.0. The molecule has 1 aliphatic rings. The number of phenolic OH excluding ortho intramolecular Hbond substituents is 2. The Kier molecular flexibility index (Phi) is 5.45. The van der Waals surface area contributed by atoms with E-state index in [0.29, 0.717) is 11.3 Å². The smallest absolute Gasteiger partial charge is 0.205 e. The summed E-state index contributed by atoms with van der Waals surface area (Å²) >= 11 is 0. The fraction of sp³-hybridized carbons (Fsp3) is 0.240. The highest BCUT2D eigenvalue weighted by Crippen LogP contribution is 2.47. The van der Waals surface area contributed by atoms with Crippen LogP contribution in [-0.2, 0) is 0 Å². The number of hydrogen-bond acceptors (Lipinski definition) is 10. The van der Waals surface area contributed by atoms with Gasteiger partial charge in [-0.25, -0.2) is 0 Å². The molecule has 5 rings (SSSR count). The number of rotatable bonds is 5. The quantitative estimate of drug-likeness (QED) is 0.364. The molecule has 1 aliphatic heterocycles. The van der Waals surface area contributed by atoms with Crippen molar-refractivity contribution in [3.8, 4) is 40.2 Å². The fourth-order valence-corrected chi connectivity index (χ4v) is 4.20. The third-order valence-electron chi connectivity index (χ3n) is 5.92. The van der Waals surface area contributed by atoms with E-state index in [1.807, 2.05) is 0 Å². The van der Waals surface area contributed by atoms with Crippen LogP contribution in [0.2, 0.25) is 0 Å². The van der Waals surface area contributed by atoms with Gasteiger partial charge < -0.3 is 43.4 Å². The Bertz CT molecular complexity index is 1480. The zero-order valence-corrected chi connectivity index (χ0v) is 19.0. The Morgan fingerprint density at radius 2 is 1.66 bits per heavy atom. The Balaban J connectivity index is 1.68. The molecule has 3 aromatic carbocycles. The number of ether oxygens (including phenoxy) is 5. The van der Waals surface area contributed by atoms with E-state index >= 15 is 0 Å². The van der Waals surface area contributed by atoms with Crippen molar-refractivity contribution in [3.63, 3.8) is 0 Å². The number of hydrogen-bond donors (Lipinski definition) is 3. The molecule has 182 valence electrons. The Hall–Kier alpha value is -4.31. The molecule has 0 aliphatic carbocycles. The van der Waals surface area contributed by atoms with Crippen molar-refractivity contribution in [2.45, 2.75) is 12.2 Å². The van der Waals surface area contributed by atoms with Gasteiger partial charge >= 0.3 is 0 Å². The van der Waals surface area contributed by atoms with Gasteiger partial charge in [0.2, 0.25) is 16.9 Å². The number of aliphatic hydroxyl groups excluding tert-OH is 1. The fourth-order valence-electron chi connectivity index (χ4n) is 4.20. The predicted octanol–water partition coefficient (Wildman–Crippen LogP) is 3.26. The third kappa shape index (κ3) is 3.50. The van der Waals surface area contributed by atoms with Crippen molar-refractivity contribution in [3.05, 3.63) is 52.2 Å². The van der Waals surface area contributed by atoms with Gasteiger partial charge in [-0.15, -0.1) is 0 Å². The number of methoxy groups -OCH3 is 3. The molecule has 35 heavy (non-hydrogen) atoms. The van der Waals surface area contributed by atoms with Crippen LogP contribution >= 0.6 is 0 Å². The van der Waals surface area contributed by atoms with Gasteiger partial charge in [-0.2, -0.15) is 0 Å². The standard InChI is InChI=1S/C25H22O10/c1-30-12-8-14(27)20-16(9-12)34-24-13(21(20)28)4-5-15-25(24)35-19(10-26)23(33-15)11-6-17(31-2)22(29)18(7-11)32-3/h4-9,19,23,26-27,29H,10H2,1-3H3/t19-,23-/m0/s1. The average Bonchev–Trinajstić information content (AvgIpc) is 2.87. The average molecular weight is 482 g/mol. The second-order valence-corrected chi connectivity index (χ2v) is 7.87. The first-order chi connectivity index (χ1) is 16.9. The molecule has 1 aromatic heterocycles. The zero-order chi connectivity index (χ0) is 24.9. The maximum absolute atomic E-state index is 13.1. The Morgan fingerprint density at radius 3 is 2.29 bits per heavy atom. The van der Waals surface area contributed by atoms with Gasteiger partial charge in [-0.05, 0) is 24.3 Å². The summed E-state index contributed by atoms with van der Waals surface area (Å²) in [4.78, 5) is 13.1. The highest BCUT2D eigenvalue weighted by atomic mass is 16.6. The summed E-state index contributed by atoms with van der Waals surface area (Å²) in [7, 11) is 4.24. The summed E-state index contributed by atoms with van der Waals surface area (Å²) in [6.45, 7) is -0.432. The molecule has 0 fully saturated rings. The van der Waals surface area contributed by atoms with Crippen LogP contribution in [-0.4, -0.2) is 49.4 Å². The molecule has 4 aromatic rings. The molecular weight excluding hydrogens is 460 g/mol. The van der Waals surface area contributed by atoms with Crippen LogP contribution < -0.4 is 29.1 Å². The molecule has 0 unspecified atom stereocenters. The van der Waals surface area contributed by atoms with E-state index < -0.39 is 24.2 Å². The van der Waals surface area contributed by atoms with E-state index in [1.54, 1.807) is 18.2 Å². The molecule has 2 heterocycles. The molecule has 0 spiro atoms. The lowest BCUT2D eigenvalue weighted by molar-refractivity contribution is -0.0118. The van der Waals surface area contributed by atoms with Crippen molar-refractivity contribution in [2.24, 2.45) is 0 Å². The van der Waals surface area contributed by atoms with Crippen LogP contribution in [0.3, 0.4) is 0 Å². The highest BCUT2D eigenvalue weighted by molar-refractivity contribution is 5.96. The van der Waals surface area contributed by atoms with Crippen LogP contribution in [0.15, 0.2) is 45.6 Å². The van der Waals surface area contributed by atoms with Gasteiger partial charge in [0.15, 0.2) is 35.0 Å². The summed E-state index contributed by atoms with van der Waals surface area (Å²) in [5, 5.41) is 30.9. The maximum atomic E-state index is 13.1. The summed E-state index contributed by atoms with van der Waals surface area (Å²) in [6.07, 6.45) is -1.70. The zero-order valence-electron chi connectivity index (χ0n) is 19.0. The molecule has 0 saturated carbocycles. The van der Waals surface area contributed by atoms with Crippen molar-refractivity contribution in [1.29, 1.82) is 0 Å². The molecular formula is C25H22O10. The monoisotopic (exact) mass is 482 g/mol. The van der Waals surface area contributed by atoms with E-state index in [-0.39, 0.29) is 56.4 Å². The number of fused-ring (bicyclic) bond motifs is 4. The van der Waals surface area contributed by atoms with Gasteiger partial charge in [0.25, 0.3) is 0 Å². The third-order valence-corrected chi connectivity index (χ3v) is 5.92. The largest absolute Gasteiger partial charge is 0.507 e. The SMILES string of the molecule is COc1cc(O)c2c(=O)c3ccc4c(c3oc2c1)O[C@@H](CO)[C@H](c1cc(OC)c(O)c(OC)c1)O4. The Labute approximate surface area is 198 Å². The first-order valence-corrected chi connectivity index (χ1v) is 10.6. The first-order valence-electron chi connectivity index (χ1n) is 10.6. The van der Waals surface area contributed by atoms with E-state index in [1.165, 1.54) is 39.5 Å². The van der Waals surface area contributed by atoms with Crippen LogP contribution in [0, 0.1) is 0 Å². The van der Waals surface area contributed by atoms with Crippen molar-refractivity contribution < 1.29 is 43.4 Å². The minimum atomic E-state index is -0.897. The number of phenols is 2. The second-order valence-electron chi connectivity index (χ2n) is 7.87. The van der Waals surface area contributed by atoms with Crippen molar-refractivity contribution in [2.75, 3.05) is 27.9 Å². The van der Waals surface area contributed by atoms with Crippen molar-refractivity contribution in [1.82, 2.24) is 0 Å². The van der Waals surface area contributed by atoms with E-state index in [4.69, 9.17) is 28.1 Å². The topological polar surface area (TPSA) is 137 Å². The minimum Gasteiger partial charge on any atom is -0.507 e. The van der Waals surface area contributed by atoms with Crippen LogP contribution in [0.5, 0.6) is 40.2 Å². The van der Waals surface area contributed by atoms with E-state index in [0.717, 1.165) is 0 Å². The number of aliphatic hydroxyl groups is 1. The molecule has 0 bridgehead atoms. The van der Waals surface area contributed by atoms with Crippen molar-refractivity contribution >= 4 is 21.9 Å². The van der Waals surface area contributed by atoms with E-state index in [2.05, 4.69) is 0 Å². The van der Waals surface area contributed by atoms with Gasteiger partial charge in [0.1, 0.15) is 22.5 Å². The van der Waals surface area contributed by atoms with Crippen LogP contribution in [0.1, 0.15) is 11.7 Å². The molecule has 10 nitrogen and oxygen atoms in total. The lowest BCUT2D eigenvalue weighted by Crippen LogP contribution is -2.36. The second kappa shape index (κ2) is 8.48. The highest BCUT2D eigenvalue weighted by Gasteiger charge is 2.36. The summed E-state index contributed by atoms with van der Waals surface area (Å²) in [6, 6.07) is 9.00. The molecule has 0 radical (unpaired) electrons. The van der Waals surface area contributed by atoms with Gasteiger partial charge in [0.05, 0.1) is 33.3 Å². The number of aromatic hydroxyl groups is 2. The van der Waals surface area contributed by atoms with Gasteiger partial charge in [-0.1, -0.05) is 0 Å². The molecule has 3 N–H and O–H groups in total. The number of benzene rings is 3. The summed E-state index contributed by atoms with van der Waals surface area (Å²) < 4.78 is 33.8. The van der Waals surface area contributed by atoms with Crippen LogP contribution in [0.4, 0.5) is 0 Å². The van der Waals surface area contributed by atoms with Gasteiger partial charge in [-0.3, -0.25) is 4.79 Å². The maximum Gasteiger partial charge on any atom is 0.205 e. The summed E-state index contributed by atoms with van der Waals surface area (Å²) in [5.41, 5.74) is 0.275. The van der Waals surface area contributed by atoms with Crippen LogP contribution in [0.25, 0.3) is 21.9 Å². The molecule has 0 amide bonds. The minimum absolute atomic E-state index is 0.00912. The molecule has 0 saturated heterocycles.